The summed E-state index contributed by atoms with van der Waals surface area (Å²) < 4.78 is 5.58. The summed E-state index contributed by atoms with van der Waals surface area (Å²) in [5.74, 6) is 1.39. The monoisotopic (exact) mass is 254 g/mol. The van der Waals surface area contributed by atoms with E-state index in [4.69, 9.17) is 4.74 Å². The molecule has 0 spiro atoms. The van der Waals surface area contributed by atoms with Crippen molar-refractivity contribution in [1.29, 1.82) is 0 Å². The van der Waals surface area contributed by atoms with Crippen LogP contribution in [0, 0.1) is 5.92 Å². The average molecular weight is 254 g/mol. The highest BCUT2D eigenvalue weighted by atomic mass is 16.5. The maximum atomic E-state index is 5.58. The van der Waals surface area contributed by atoms with Gasteiger partial charge in [-0.2, -0.15) is 0 Å². The molecule has 0 aromatic rings. The first kappa shape index (κ1) is 17.5. The van der Waals surface area contributed by atoms with E-state index >= 15 is 0 Å². The first-order valence-corrected chi connectivity index (χ1v) is 8.00. The lowest BCUT2D eigenvalue weighted by atomic mass is 10.1. The summed E-state index contributed by atoms with van der Waals surface area (Å²) in [6.07, 6.45) is 13.7. The third kappa shape index (κ3) is 12.0. The lowest BCUT2D eigenvalue weighted by Gasteiger charge is -2.11. The highest BCUT2D eigenvalue weighted by Gasteiger charge is 2.00. The number of rotatable bonds is 13. The van der Waals surface area contributed by atoms with Crippen molar-refractivity contribution in [2.24, 2.45) is 5.92 Å². The van der Waals surface area contributed by atoms with E-state index in [0.29, 0.717) is 5.92 Å². The van der Waals surface area contributed by atoms with Crippen molar-refractivity contribution in [3.63, 3.8) is 0 Å². The topological polar surface area (TPSA) is 9.23 Å². The SMILES string of the molecule is C=C(OCCCCCCCCCCCC)C(C)C. The molecule has 0 rings (SSSR count). The molecule has 0 heterocycles. The van der Waals surface area contributed by atoms with Crippen LogP contribution >= 0.6 is 0 Å². The van der Waals surface area contributed by atoms with E-state index in [9.17, 15) is 0 Å². The molecule has 0 aliphatic heterocycles. The van der Waals surface area contributed by atoms with Crippen molar-refractivity contribution >= 4 is 0 Å². The molecule has 0 N–H and O–H groups in total. The van der Waals surface area contributed by atoms with Crippen LogP contribution in [0.25, 0.3) is 0 Å². The van der Waals surface area contributed by atoms with E-state index in [-0.39, 0.29) is 0 Å². The molecule has 1 nitrogen and oxygen atoms in total. The Bertz CT molecular complexity index is 184. The van der Waals surface area contributed by atoms with Gasteiger partial charge in [0, 0.05) is 5.92 Å². The Kier molecular flexibility index (Phi) is 12.7. The smallest absolute Gasteiger partial charge is 0.0913 e. The van der Waals surface area contributed by atoms with Crippen LogP contribution in [0.5, 0.6) is 0 Å². The van der Waals surface area contributed by atoms with Crippen molar-refractivity contribution in [2.75, 3.05) is 6.61 Å². The van der Waals surface area contributed by atoms with Gasteiger partial charge in [-0.3, -0.25) is 0 Å². The first-order chi connectivity index (χ1) is 8.68. The Morgan fingerprint density at radius 1 is 0.833 bits per heavy atom. The highest BCUT2D eigenvalue weighted by Crippen LogP contribution is 2.12. The average Bonchev–Trinajstić information content (AvgIpc) is 2.35. The van der Waals surface area contributed by atoms with Crippen LogP contribution in [0.4, 0.5) is 0 Å². The summed E-state index contributed by atoms with van der Waals surface area (Å²) in [6, 6.07) is 0. The maximum absolute atomic E-state index is 5.58. The Morgan fingerprint density at radius 3 is 1.72 bits per heavy atom. The molecule has 0 radical (unpaired) electrons. The Hall–Kier alpha value is -0.460. The normalized spacial score (nSPS) is 10.9. The fourth-order valence-electron chi connectivity index (χ4n) is 1.96. The molecular formula is C17H34O. The van der Waals surface area contributed by atoms with Gasteiger partial charge in [0.1, 0.15) is 0 Å². The van der Waals surface area contributed by atoms with Crippen molar-refractivity contribution in [2.45, 2.75) is 85.0 Å². The quantitative estimate of drug-likeness (QED) is 0.285. The molecule has 0 aliphatic rings. The van der Waals surface area contributed by atoms with E-state index in [1.54, 1.807) is 0 Å². The first-order valence-electron chi connectivity index (χ1n) is 8.00. The minimum Gasteiger partial charge on any atom is -0.498 e. The Morgan fingerprint density at radius 2 is 1.28 bits per heavy atom. The Balaban J connectivity index is 3.05. The van der Waals surface area contributed by atoms with Gasteiger partial charge < -0.3 is 4.74 Å². The summed E-state index contributed by atoms with van der Waals surface area (Å²) in [4.78, 5) is 0. The third-order valence-electron chi connectivity index (χ3n) is 3.43. The predicted octanol–water partition coefficient (Wildman–Crippen LogP) is 6.09. The molecule has 0 fully saturated rings. The summed E-state index contributed by atoms with van der Waals surface area (Å²) >= 11 is 0. The lowest BCUT2D eigenvalue weighted by molar-refractivity contribution is 0.181. The van der Waals surface area contributed by atoms with Crippen molar-refractivity contribution in [3.05, 3.63) is 12.3 Å². The lowest BCUT2D eigenvalue weighted by Crippen LogP contribution is -2.00. The van der Waals surface area contributed by atoms with E-state index in [1.807, 2.05) is 0 Å². The van der Waals surface area contributed by atoms with Crippen LogP contribution in [0.2, 0.25) is 0 Å². The number of ether oxygens (including phenoxy) is 1. The minimum absolute atomic E-state index is 0.452. The number of unbranched alkanes of at least 4 members (excludes halogenated alkanes) is 9. The van der Waals surface area contributed by atoms with Gasteiger partial charge in [0.2, 0.25) is 0 Å². The fraction of sp³-hybridized carbons (Fsp3) is 0.882. The van der Waals surface area contributed by atoms with Crippen molar-refractivity contribution < 1.29 is 4.74 Å². The van der Waals surface area contributed by atoms with Gasteiger partial charge >= 0.3 is 0 Å². The molecule has 1 heteroatoms. The molecule has 108 valence electrons. The predicted molar refractivity (Wildman–Crippen MR) is 81.8 cm³/mol. The van der Waals surface area contributed by atoms with Crippen LogP contribution < -0.4 is 0 Å². The van der Waals surface area contributed by atoms with Gasteiger partial charge in [0.25, 0.3) is 0 Å². The second-order valence-corrected chi connectivity index (χ2v) is 5.65. The zero-order chi connectivity index (χ0) is 13.6. The molecule has 0 bridgehead atoms. The van der Waals surface area contributed by atoms with Crippen molar-refractivity contribution in [1.82, 2.24) is 0 Å². The maximum Gasteiger partial charge on any atom is 0.0913 e. The largest absolute Gasteiger partial charge is 0.498 e. The molecule has 18 heavy (non-hydrogen) atoms. The molecule has 0 aromatic heterocycles. The third-order valence-corrected chi connectivity index (χ3v) is 3.43. The highest BCUT2D eigenvalue weighted by molar-refractivity contribution is 4.85. The zero-order valence-corrected chi connectivity index (χ0v) is 13.0. The summed E-state index contributed by atoms with van der Waals surface area (Å²) in [7, 11) is 0. The minimum atomic E-state index is 0.452. The van der Waals surface area contributed by atoms with E-state index < -0.39 is 0 Å². The second kappa shape index (κ2) is 13.0. The summed E-state index contributed by atoms with van der Waals surface area (Å²) in [5.41, 5.74) is 0. The van der Waals surface area contributed by atoms with Crippen LogP contribution in [-0.4, -0.2) is 6.61 Å². The molecule has 0 saturated heterocycles. The van der Waals surface area contributed by atoms with Gasteiger partial charge in [-0.25, -0.2) is 0 Å². The molecule has 0 aromatic carbocycles. The van der Waals surface area contributed by atoms with Gasteiger partial charge in [0.05, 0.1) is 12.4 Å². The van der Waals surface area contributed by atoms with Gasteiger partial charge in [0.15, 0.2) is 0 Å². The van der Waals surface area contributed by atoms with E-state index in [0.717, 1.165) is 12.4 Å². The van der Waals surface area contributed by atoms with Crippen LogP contribution in [0.1, 0.15) is 85.0 Å². The Labute approximate surface area is 115 Å². The molecule has 0 saturated carbocycles. The van der Waals surface area contributed by atoms with E-state index in [2.05, 4.69) is 27.4 Å². The number of hydrogen-bond donors (Lipinski definition) is 0. The van der Waals surface area contributed by atoms with Gasteiger partial charge in [-0.1, -0.05) is 85.1 Å². The fourth-order valence-corrected chi connectivity index (χ4v) is 1.96. The standard InChI is InChI=1S/C17H34O/c1-5-6-7-8-9-10-11-12-13-14-15-18-17(4)16(2)3/h16H,4-15H2,1-3H3. The molecule has 0 amide bonds. The van der Waals surface area contributed by atoms with E-state index in [1.165, 1.54) is 64.2 Å². The van der Waals surface area contributed by atoms with Gasteiger partial charge in [-0.15, -0.1) is 0 Å². The van der Waals surface area contributed by atoms with Crippen LogP contribution in [-0.2, 0) is 4.74 Å². The van der Waals surface area contributed by atoms with Gasteiger partial charge in [-0.05, 0) is 6.42 Å². The second-order valence-electron chi connectivity index (χ2n) is 5.65. The molecular weight excluding hydrogens is 220 g/mol. The number of hydrogen-bond acceptors (Lipinski definition) is 1. The number of allylic oxidation sites excluding steroid dienone is 1. The summed E-state index contributed by atoms with van der Waals surface area (Å²) in [6.45, 7) is 11.3. The molecule has 0 aliphatic carbocycles. The van der Waals surface area contributed by atoms with Crippen LogP contribution in [0.15, 0.2) is 12.3 Å². The molecule has 0 atom stereocenters. The zero-order valence-electron chi connectivity index (χ0n) is 13.0. The van der Waals surface area contributed by atoms with Crippen molar-refractivity contribution in [3.8, 4) is 0 Å². The molecule has 0 unspecified atom stereocenters. The summed E-state index contributed by atoms with van der Waals surface area (Å²) in [5, 5.41) is 0. The van der Waals surface area contributed by atoms with Crippen LogP contribution in [0.3, 0.4) is 0 Å².